The molecule has 1 heterocycles. The molecule has 0 aliphatic carbocycles. The first-order valence-corrected chi connectivity index (χ1v) is 5.35. The van der Waals surface area contributed by atoms with Crippen LogP contribution in [0.1, 0.15) is 19.4 Å². The second-order valence-electron chi connectivity index (χ2n) is 4.12. The Morgan fingerprint density at radius 1 is 1.31 bits per heavy atom. The number of fused-ring (bicyclic) bond motifs is 1. The predicted molar refractivity (Wildman–Crippen MR) is 63.8 cm³/mol. The van der Waals surface area contributed by atoms with Crippen molar-refractivity contribution in [3.05, 3.63) is 35.9 Å². The van der Waals surface area contributed by atoms with Crippen LogP contribution in [-0.4, -0.2) is 13.0 Å². The van der Waals surface area contributed by atoms with Gasteiger partial charge in [0.15, 0.2) is 0 Å². The van der Waals surface area contributed by atoms with Gasteiger partial charge in [0.2, 0.25) is 0 Å². The van der Waals surface area contributed by atoms with E-state index in [0.717, 1.165) is 16.8 Å². The number of carbonyl (C=O) groups excluding carboxylic acids is 1. The number of hydroxylamine groups is 1. The van der Waals surface area contributed by atoms with E-state index in [9.17, 15) is 4.79 Å². The molecule has 1 aliphatic rings. The van der Waals surface area contributed by atoms with Crippen molar-refractivity contribution >= 4 is 17.2 Å². The molecular weight excluding hydrogens is 202 g/mol. The predicted octanol–water partition coefficient (Wildman–Crippen LogP) is 2.63. The first-order valence-electron chi connectivity index (χ1n) is 5.35. The van der Waals surface area contributed by atoms with Crippen molar-refractivity contribution in [1.82, 2.24) is 0 Å². The van der Waals surface area contributed by atoms with Crippen LogP contribution in [0.5, 0.6) is 0 Å². The molecule has 0 spiro atoms. The van der Waals surface area contributed by atoms with Crippen molar-refractivity contribution in [1.29, 1.82) is 0 Å². The van der Waals surface area contributed by atoms with Crippen LogP contribution in [0.4, 0.5) is 5.69 Å². The minimum absolute atomic E-state index is 0.0857. The van der Waals surface area contributed by atoms with Gasteiger partial charge in [-0.05, 0) is 12.0 Å². The average molecular weight is 217 g/mol. The Balaban J connectivity index is 2.55. The fourth-order valence-electron chi connectivity index (χ4n) is 1.89. The molecule has 0 saturated heterocycles. The third-order valence-electron chi connectivity index (χ3n) is 2.51. The average Bonchev–Trinajstić information content (AvgIpc) is 2.52. The van der Waals surface area contributed by atoms with E-state index in [1.54, 1.807) is 0 Å². The standard InChI is InChI=1S/C13H15NO2/c1-9(2)8-11-10-6-4-5-7-12(10)14(16-3)13(11)15/h4-9H,1-3H3/b11-8+. The fourth-order valence-corrected chi connectivity index (χ4v) is 1.89. The lowest BCUT2D eigenvalue weighted by Crippen LogP contribution is -2.24. The van der Waals surface area contributed by atoms with E-state index in [0.29, 0.717) is 5.92 Å². The van der Waals surface area contributed by atoms with Crippen molar-refractivity contribution in [2.24, 2.45) is 5.92 Å². The number of nitrogens with zero attached hydrogens (tertiary/aromatic N) is 1. The van der Waals surface area contributed by atoms with Gasteiger partial charge in [0.05, 0.1) is 12.8 Å². The largest absolute Gasteiger partial charge is 0.282 e. The lowest BCUT2D eigenvalue weighted by Gasteiger charge is -2.12. The lowest BCUT2D eigenvalue weighted by atomic mass is 10.0. The van der Waals surface area contributed by atoms with Crippen LogP contribution >= 0.6 is 0 Å². The summed E-state index contributed by atoms with van der Waals surface area (Å²) < 4.78 is 0. The smallest absolute Gasteiger partial charge is 0.269 e. The number of hydrogen-bond donors (Lipinski definition) is 0. The van der Waals surface area contributed by atoms with Gasteiger partial charge in [-0.25, -0.2) is 0 Å². The van der Waals surface area contributed by atoms with Crippen molar-refractivity contribution in [3.63, 3.8) is 0 Å². The summed E-state index contributed by atoms with van der Waals surface area (Å²) in [4.78, 5) is 17.2. The molecule has 84 valence electrons. The molecule has 0 N–H and O–H groups in total. The van der Waals surface area contributed by atoms with Gasteiger partial charge in [0.25, 0.3) is 5.91 Å². The van der Waals surface area contributed by atoms with E-state index in [-0.39, 0.29) is 5.91 Å². The number of allylic oxidation sites excluding steroid dienone is 1. The molecule has 3 nitrogen and oxygen atoms in total. The topological polar surface area (TPSA) is 29.5 Å². The summed E-state index contributed by atoms with van der Waals surface area (Å²) in [6, 6.07) is 7.66. The summed E-state index contributed by atoms with van der Waals surface area (Å²) in [5.41, 5.74) is 2.50. The molecule has 0 aromatic heterocycles. The zero-order valence-corrected chi connectivity index (χ0v) is 9.73. The molecule has 2 rings (SSSR count). The molecule has 1 aliphatic heterocycles. The van der Waals surface area contributed by atoms with Crippen LogP contribution in [0.2, 0.25) is 0 Å². The van der Waals surface area contributed by atoms with Gasteiger partial charge in [-0.15, -0.1) is 0 Å². The van der Waals surface area contributed by atoms with Crippen LogP contribution in [-0.2, 0) is 9.63 Å². The van der Waals surface area contributed by atoms with Gasteiger partial charge in [-0.3, -0.25) is 9.63 Å². The molecule has 1 amide bonds. The van der Waals surface area contributed by atoms with Gasteiger partial charge in [0, 0.05) is 11.1 Å². The monoisotopic (exact) mass is 217 g/mol. The second-order valence-corrected chi connectivity index (χ2v) is 4.12. The SMILES string of the molecule is CON1C(=O)/C(=C/C(C)C)c2ccccc21. The Bertz CT molecular complexity index is 449. The number of amides is 1. The van der Waals surface area contributed by atoms with E-state index in [1.165, 1.54) is 12.2 Å². The first kappa shape index (κ1) is 10.9. The van der Waals surface area contributed by atoms with Crippen LogP contribution in [0.15, 0.2) is 30.3 Å². The molecule has 16 heavy (non-hydrogen) atoms. The maximum atomic E-state index is 12.1. The Morgan fingerprint density at radius 2 is 2.00 bits per heavy atom. The van der Waals surface area contributed by atoms with Gasteiger partial charge in [-0.1, -0.05) is 38.1 Å². The third kappa shape index (κ3) is 1.63. The van der Waals surface area contributed by atoms with Gasteiger partial charge < -0.3 is 0 Å². The number of carbonyl (C=O) groups is 1. The van der Waals surface area contributed by atoms with Gasteiger partial charge >= 0.3 is 0 Å². The quantitative estimate of drug-likeness (QED) is 0.713. The van der Waals surface area contributed by atoms with Crippen LogP contribution in [0.3, 0.4) is 0 Å². The molecule has 0 unspecified atom stereocenters. The molecule has 0 radical (unpaired) electrons. The summed E-state index contributed by atoms with van der Waals surface area (Å²) in [6.45, 7) is 4.11. The zero-order chi connectivity index (χ0) is 11.7. The maximum absolute atomic E-state index is 12.1. The van der Waals surface area contributed by atoms with Crippen molar-refractivity contribution in [2.45, 2.75) is 13.8 Å². The third-order valence-corrected chi connectivity index (χ3v) is 2.51. The van der Waals surface area contributed by atoms with Crippen molar-refractivity contribution < 1.29 is 9.63 Å². The molecule has 0 atom stereocenters. The van der Waals surface area contributed by atoms with E-state index in [1.807, 2.05) is 30.3 Å². The highest BCUT2D eigenvalue weighted by Crippen LogP contribution is 2.36. The summed E-state index contributed by atoms with van der Waals surface area (Å²) in [5, 5.41) is 1.34. The molecule has 0 bridgehead atoms. The van der Waals surface area contributed by atoms with Crippen LogP contribution in [0.25, 0.3) is 5.57 Å². The number of anilines is 1. The van der Waals surface area contributed by atoms with Crippen LogP contribution in [0, 0.1) is 5.92 Å². The van der Waals surface area contributed by atoms with Gasteiger partial charge in [0.1, 0.15) is 0 Å². The number of hydrogen-bond acceptors (Lipinski definition) is 2. The Labute approximate surface area is 95.3 Å². The molecule has 1 aromatic carbocycles. The van der Waals surface area contributed by atoms with E-state index < -0.39 is 0 Å². The van der Waals surface area contributed by atoms with Gasteiger partial charge in [-0.2, -0.15) is 5.06 Å². The fraction of sp³-hybridized carbons (Fsp3) is 0.308. The molecular formula is C13H15NO2. The molecule has 0 fully saturated rings. The summed E-state index contributed by atoms with van der Waals surface area (Å²) in [7, 11) is 1.51. The minimum atomic E-state index is -0.0857. The number of benzene rings is 1. The highest BCUT2D eigenvalue weighted by molar-refractivity contribution is 6.31. The molecule has 0 saturated carbocycles. The maximum Gasteiger partial charge on any atom is 0.282 e. The second kappa shape index (κ2) is 4.10. The summed E-state index contributed by atoms with van der Waals surface area (Å²) in [6.07, 6.45) is 1.97. The Morgan fingerprint density at radius 3 is 2.62 bits per heavy atom. The molecule has 1 aromatic rings. The van der Waals surface area contributed by atoms with E-state index in [4.69, 9.17) is 4.84 Å². The Hall–Kier alpha value is -1.61. The number of para-hydroxylation sites is 1. The minimum Gasteiger partial charge on any atom is -0.269 e. The first-order chi connectivity index (χ1) is 7.65. The van der Waals surface area contributed by atoms with Crippen molar-refractivity contribution in [3.8, 4) is 0 Å². The Kier molecular flexibility index (Phi) is 2.79. The highest BCUT2D eigenvalue weighted by atomic mass is 16.7. The zero-order valence-electron chi connectivity index (χ0n) is 9.73. The van der Waals surface area contributed by atoms with Crippen LogP contribution < -0.4 is 5.06 Å². The normalized spacial score (nSPS) is 17.4. The molecule has 3 heteroatoms. The van der Waals surface area contributed by atoms with E-state index >= 15 is 0 Å². The highest BCUT2D eigenvalue weighted by Gasteiger charge is 2.32. The van der Waals surface area contributed by atoms with E-state index in [2.05, 4.69) is 13.8 Å². The van der Waals surface area contributed by atoms with Crippen molar-refractivity contribution in [2.75, 3.05) is 12.2 Å². The lowest BCUT2D eigenvalue weighted by molar-refractivity contribution is -0.118. The number of rotatable bonds is 2. The summed E-state index contributed by atoms with van der Waals surface area (Å²) in [5.74, 6) is 0.251. The summed E-state index contributed by atoms with van der Waals surface area (Å²) >= 11 is 0.